The molecule has 6 rings (SSSR count). The molecule has 148 valence electrons. The molecule has 0 heterocycles. The van der Waals surface area contributed by atoms with Gasteiger partial charge in [-0.25, -0.2) is 8.42 Å². The van der Waals surface area contributed by atoms with Crippen LogP contribution in [0, 0.1) is 0 Å². The lowest BCUT2D eigenvalue weighted by atomic mass is 10.0. The molecule has 0 amide bonds. The summed E-state index contributed by atoms with van der Waals surface area (Å²) < 4.78 is 27.9. The van der Waals surface area contributed by atoms with Crippen molar-refractivity contribution in [2.24, 2.45) is 0 Å². The van der Waals surface area contributed by atoms with Gasteiger partial charge in [-0.2, -0.15) is 0 Å². The van der Waals surface area contributed by atoms with Crippen molar-refractivity contribution < 1.29 is 8.42 Å². The first-order chi connectivity index (χ1) is 15.1. The average Bonchev–Trinajstić information content (AvgIpc) is 2.80. The molecule has 3 heteroatoms. The van der Waals surface area contributed by atoms with Gasteiger partial charge in [-0.15, -0.1) is 0 Å². The lowest BCUT2D eigenvalue weighted by Crippen LogP contribution is -2.04. The minimum atomic E-state index is -3.73. The number of hydrogen-bond donors (Lipinski definition) is 0. The van der Waals surface area contributed by atoms with Gasteiger partial charge < -0.3 is 0 Å². The Morgan fingerprint density at radius 3 is 1.16 bits per heavy atom. The number of benzene rings is 6. The predicted octanol–water partition coefficient (Wildman–Crippen LogP) is 7.13. The molecule has 0 radical (unpaired) electrons. The molecule has 6 aromatic rings. The van der Waals surface area contributed by atoms with Crippen molar-refractivity contribution in [1.82, 2.24) is 0 Å². The minimum Gasteiger partial charge on any atom is -0.218 e. The molecule has 0 atom stereocenters. The van der Waals surface area contributed by atoms with Gasteiger partial charge in [-0.1, -0.05) is 72.8 Å². The van der Waals surface area contributed by atoms with Gasteiger partial charge in [0.1, 0.15) is 0 Å². The summed E-state index contributed by atoms with van der Waals surface area (Å²) in [4.78, 5) is 0.688. The molecular formula is C28H18O2S. The van der Waals surface area contributed by atoms with E-state index >= 15 is 0 Å². The second-order valence-corrected chi connectivity index (χ2v) is 9.74. The van der Waals surface area contributed by atoms with E-state index in [9.17, 15) is 8.42 Å². The number of rotatable bonds is 2. The van der Waals surface area contributed by atoms with Crippen LogP contribution in [0.15, 0.2) is 119 Å². The highest BCUT2D eigenvalue weighted by Crippen LogP contribution is 2.35. The number of sulfone groups is 1. The van der Waals surface area contributed by atoms with Gasteiger partial charge in [0, 0.05) is 10.8 Å². The Morgan fingerprint density at radius 2 is 0.742 bits per heavy atom. The Hall–Kier alpha value is -3.69. The molecule has 2 nitrogen and oxygen atoms in total. The van der Waals surface area contributed by atoms with Crippen LogP contribution < -0.4 is 0 Å². The van der Waals surface area contributed by atoms with E-state index in [4.69, 9.17) is 0 Å². The standard InChI is InChI=1S/C28H18O2S/c29-31(30,27-13-5-11-23-15-19-7-1-3-9-21(19)17-25(23)27)28-14-6-12-24-16-20-8-2-4-10-22(20)18-26(24)28/h1-18H. The zero-order valence-corrected chi connectivity index (χ0v) is 17.4. The van der Waals surface area contributed by atoms with E-state index in [0.717, 1.165) is 43.1 Å². The van der Waals surface area contributed by atoms with Gasteiger partial charge in [0.15, 0.2) is 0 Å². The van der Waals surface area contributed by atoms with Crippen LogP contribution in [0.4, 0.5) is 0 Å². The summed E-state index contributed by atoms with van der Waals surface area (Å²) in [5.74, 6) is 0. The van der Waals surface area contributed by atoms with E-state index in [2.05, 4.69) is 12.1 Å². The Balaban J connectivity index is 1.67. The molecule has 0 saturated heterocycles. The third-order valence-corrected chi connectivity index (χ3v) is 7.86. The van der Waals surface area contributed by atoms with E-state index < -0.39 is 9.84 Å². The van der Waals surface area contributed by atoms with Crippen LogP contribution in [0.2, 0.25) is 0 Å². The Labute approximate surface area is 180 Å². The Morgan fingerprint density at radius 1 is 0.387 bits per heavy atom. The maximum atomic E-state index is 13.9. The molecule has 0 saturated carbocycles. The SMILES string of the molecule is O=S(=O)(c1cccc2cc3ccccc3cc12)c1cccc2cc3ccccc3cc12. The molecule has 0 spiro atoms. The zero-order chi connectivity index (χ0) is 21.0. The van der Waals surface area contributed by atoms with E-state index in [-0.39, 0.29) is 0 Å². The largest absolute Gasteiger partial charge is 0.218 e. The number of hydrogen-bond acceptors (Lipinski definition) is 2. The zero-order valence-electron chi connectivity index (χ0n) is 16.6. The van der Waals surface area contributed by atoms with E-state index in [0.29, 0.717) is 9.79 Å². The average molecular weight is 419 g/mol. The van der Waals surface area contributed by atoms with Crippen molar-refractivity contribution in [3.8, 4) is 0 Å². The molecule has 0 bridgehead atoms. The fourth-order valence-electron chi connectivity index (χ4n) is 4.46. The van der Waals surface area contributed by atoms with Gasteiger partial charge in [-0.05, 0) is 68.7 Å². The van der Waals surface area contributed by atoms with E-state index in [1.165, 1.54) is 0 Å². The fourth-order valence-corrected chi connectivity index (χ4v) is 6.15. The molecule has 0 aliphatic rings. The molecule has 31 heavy (non-hydrogen) atoms. The summed E-state index contributed by atoms with van der Waals surface area (Å²) >= 11 is 0. The summed E-state index contributed by atoms with van der Waals surface area (Å²) in [5.41, 5.74) is 0. The van der Waals surface area contributed by atoms with Gasteiger partial charge in [-0.3, -0.25) is 0 Å². The molecule has 0 N–H and O–H groups in total. The molecule has 6 aromatic carbocycles. The summed E-state index contributed by atoms with van der Waals surface area (Å²) in [6, 6.07) is 35.2. The van der Waals surface area contributed by atoms with Crippen LogP contribution in [-0.4, -0.2) is 8.42 Å². The van der Waals surface area contributed by atoms with Gasteiger partial charge in [0.05, 0.1) is 9.79 Å². The van der Waals surface area contributed by atoms with Crippen molar-refractivity contribution >= 4 is 52.9 Å². The smallest absolute Gasteiger partial charge is 0.207 e. The lowest BCUT2D eigenvalue weighted by Gasteiger charge is -2.12. The normalized spacial score (nSPS) is 12.1. The van der Waals surface area contributed by atoms with Crippen LogP contribution in [0.25, 0.3) is 43.1 Å². The van der Waals surface area contributed by atoms with Gasteiger partial charge in [0.25, 0.3) is 0 Å². The molecule has 0 aliphatic carbocycles. The topological polar surface area (TPSA) is 34.1 Å². The summed E-state index contributed by atoms with van der Waals surface area (Å²) in [6.07, 6.45) is 0. The fraction of sp³-hybridized carbons (Fsp3) is 0. The van der Waals surface area contributed by atoms with Crippen LogP contribution in [-0.2, 0) is 9.84 Å². The summed E-state index contributed by atoms with van der Waals surface area (Å²) in [5, 5.41) is 7.60. The first-order valence-corrected chi connectivity index (χ1v) is 11.7. The van der Waals surface area contributed by atoms with Crippen molar-refractivity contribution in [3.63, 3.8) is 0 Å². The van der Waals surface area contributed by atoms with Crippen molar-refractivity contribution in [2.45, 2.75) is 9.79 Å². The molecule has 0 aliphatic heterocycles. The van der Waals surface area contributed by atoms with Crippen LogP contribution in [0.1, 0.15) is 0 Å². The summed E-state index contributed by atoms with van der Waals surface area (Å²) in [7, 11) is -3.73. The summed E-state index contributed by atoms with van der Waals surface area (Å²) in [6.45, 7) is 0. The monoisotopic (exact) mass is 418 g/mol. The third kappa shape index (κ3) is 2.82. The first-order valence-electron chi connectivity index (χ1n) is 10.2. The molecule has 0 fully saturated rings. The number of fused-ring (bicyclic) bond motifs is 4. The highest BCUT2D eigenvalue weighted by atomic mass is 32.2. The minimum absolute atomic E-state index is 0.344. The predicted molar refractivity (Wildman–Crippen MR) is 128 cm³/mol. The quantitative estimate of drug-likeness (QED) is 0.280. The van der Waals surface area contributed by atoms with Crippen molar-refractivity contribution in [2.75, 3.05) is 0 Å². The maximum absolute atomic E-state index is 13.9. The van der Waals surface area contributed by atoms with Crippen LogP contribution in [0.3, 0.4) is 0 Å². The Bertz CT molecular complexity index is 1620. The van der Waals surface area contributed by atoms with Crippen molar-refractivity contribution in [1.29, 1.82) is 0 Å². The van der Waals surface area contributed by atoms with E-state index in [1.807, 2.05) is 84.9 Å². The molecule has 0 unspecified atom stereocenters. The van der Waals surface area contributed by atoms with Crippen molar-refractivity contribution in [3.05, 3.63) is 109 Å². The second kappa shape index (κ2) is 6.66. The van der Waals surface area contributed by atoms with E-state index in [1.54, 1.807) is 12.1 Å². The van der Waals surface area contributed by atoms with Crippen LogP contribution >= 0.6 is 0 Å². The highest BCUT2D eigenvalue weighted by molar-refractivity contribution is 7.92. The maximum Gasteiger partial charge on any atom is 0.207 e. The molecule has 0 aromatic heterocycles. The first kappa shape index (κ1) is 18.1. The third-order valence-electron chi connectivity index (χ3n) is 5.99. The lowest BCUT2D eigenvalue weighted by molar-refractivity contribution is 0.598. The van der Waals surface area contributed by atoms with Gasteiger partial charge >= 0.3 is 0 Å². The second-order valence-electron chi connectivity index (χ2n) is 7.86. The van der Waals surface area contributed by atoms with Crippen LogP contribution in [0.5, 0.6) is 0 Å². The highest BCUT2D eigenvalue weighted by Gasteiger charge is 2.23. The van der Waals surface area contributed by atoms with Gasteiger partial charge in [0.2, 0.25) is 9.84 Å². The molecular weight excluding hydrogens is 400 g/mol. The Kier molecular flexibility index (Phi) is 3.89.